The van der Waals surface area contributed by atoms with Gasteiger partial charge >= 0.3 is 0 Å². The number of hydrogen-bond donors (Lipinski definition) is 2. The van der Waals surface area contributed by atoms with E-state index in [1.54, 1.807) is 0 Å². The lowest BCUT2D eigenvalue weighted by Crippen LogP contribution is -1.98. The number of rotatable bonds is 2. The first kappa shape index (κ1) is 13.4. The minimum Gasteiger partial charge on any atom is -0.340 e. The molecule has 5 nitrogen and oxygen atoms in total. The number of aromatic amines is 1. The summed E-state index contributed by atoms with van der Waals surface area (Å²) in [5, 5.41) is 2.78. The van der Waals surface area contributed by atoms with Crippen LogP contribution in [-0.4, -0.2) is 19.9 Å². The number of hydrogen-bond acceptors (Lipinski definition) is 4. The van der Waals surface area contributed by atoms with Crippen LogP contribution in [-0.2, 0) is 0 Å². The van der Waals surface area contributed by atoms with Crippen LogP contribution in [0.5, 0.6) is 0 Å². The van der Waals surface area contributed by atoms with E-state index in [2.05, 4.69) is 25.3 Å². The summed E-state index contributed by atoms with van der Waals surface area (Å²) >= 11 is 17.3. The van der Waals surface area contributed by atoms with Crippen LogP contribution < -0.4 is 5.32 Å². The smallest absolute Gasteiger partial charge is 0.226 e. The zero-order valence-electron chi connectivity index (χ0n) is 9.59. The Bertz CT molecular complexity index is 781. The Labute approximate surface area is 127 Å². The Kier molecular flexibility index (Phi) is 3.37. The highest BCUT2D eigenvalue weighted by Gasteiger charge is 2.12. The standard InChI is InChI=1S/C11H5Cl3FN5/c12-5-1-4(2-6(13)7(5)15)18-10-8-9(17-3-16-8)19-11(14)20-10/h1-3H,(H2,16,17,18,19,20). The Hall–Kier alpha value is -1.63. The lowest BCUT2D eigenvalue weighted by molar-refractivity contribution is 0.629. The molecule has 1 aromatic carbocycles. The van der Waals surface area contributed by atoms with E-state index in [4.69, 9.17) is 34.8 Å². The summed E-state index contributed by atoms with van der Waals surface area (Å²) in [6.45, 7) is 0. The number of nitrogens with zero attached hydrogens (tertiary/aromatic N) is 3. The summed E-state index contributed by atoms with van der Waals surface area (Å²) in [5.74, 6) is -0.289. The number of nitrogens with one attached hydrogen (secondary N) is 2. The van der Waals surface area contributed by atoms with Crippen molar-refractivity contribution in [2.75, 3.05) is 5.32 Å². The van der Waals surface area contributed by atoms with E-state index in [9.17, 15) is 4.39 Å². The predicted octanol–water partition coefficient (Wildman–Crippen LogP) is 4.20. The van der Waals surface area contributed by atoms with Crippen LogP contribution in [0.25, 0.3) is 11.2 Å². The number of anilines is 2. The third-order valence-electron chi connectivity index (χ3n) is 2.50. The maximum absolute atomic E-state index is 13.4. The van der Waals surface area contributed by atoms with Gasteiger partial charge in [0.2, 0.25) is 5.28 Å². The van der Waals surface area contributed by atoms with Crippen LogP contribution in [0.1, 0.15) is 0 Å². The molecular weight excluding hydrogens is 328 g/mol. The molecule has 2 aromatic heterocycles. The van der Waals surface area contributed by atoms with E-state index < -0.39 is 5.82 Å². The Morgan fingerprint density at radius 3 is 2.50 bits per heavy atom. The second kappa shape index (κ2) is 5.05. The van der Waals surface area contributed by atoms with E-state index in [0.29, 0.717) is 22.7 Å². The van der Waals surface area contributed by atoms with Gasteiger partial charge in [0, 0.05) is 5.69 Å². The van der Waals surface area contributed by atoms with Crippen molar-refractivity contribution in [3.63, 3.8) is 0 Å². The molecular formula is C11H5Cl3FN5. The molecule has 0 amide bonds. The summed E-state index contributed by atoms with van der Waals surface area (Å²) in [4.78, 5) is 14.9. The van der Waals surface area contributed by atoms with Gasteiger partial charge in [-0.25, -0.2) is 9.37 Å². The highest BCUT2D eigenvalue weighted by atomic mass is 35.5. The molecule has 0 radical (unpaired) electrons. The van der Waals surface area contributed by atoms with Crippen molar-refractivity contribution in [1.29, 1.82) is 0 Å². The summed E-state index contributed by atoms with van der Waals surface area (Å²) in [7, 11) is 0. The van der Waals surface area contributed by atoms with Gasteiger partial charge in [-0.15, -0.1) is 0 Å². The van der Waals surface area contributed by atoms with Gasteiger partial charge in [-0.2, -0.15) is 9.97 Å². The Morgan fingerprint density at radius 2 is 1.80 bits per heavy atom. The maximum Gasteiger partial charge on any atom is 0.226 e. The summed E-state index contributed by atoms with van der Waals surface area (Å²) < 4.78 is 13.4. The van der Waals surface area contributed by atoms with Gasteiger partial charge in [-0.05, 0) is 23.7 Å². The van der Waals surface area contributed by atoms with E-state index >= 15 is 0 Å². The van der Waals surface area contributed by atoms with Gasteiger partial charge in [0.1, 0.15) is 5.52 Å². The number of H-pyrrole nitrogens is 1. The molecule has 0 aliphatic heterocycles. The number of aromatic nitrogens is 4. The lowest BCUT2D eigenvalue weighted by atomic mass is 10.3. The normalized spacial score (nSPS) is 11.0. The van der Waals surface area contributed by atoms with E-state index in [1.807, 2.05) is 0 Å². The second-order valence-corrected chi connectivity index (χ2v) is 4.97. The molecule has 0 saturated carbocycles. The van der Waals surface area contributed by atoms with Crippen molar-refractivity contribution in [3.8, 4) is 0 Å². The number of imidazole rings is 1. The average molecular weight is 333 g/mol. The maximum atomic E-state index is 13.4. The van der Waals surface area contributed by atoms with Crippen molar-refractivity contribution in [2.24, 2.45) is 0 Å². The van der Waals surface area contributed by atoms with Crippen molar-refractivity contribution in [1.82, 2.24) is 19.9 Å². The van der Waals surface area contributed by atoms with Crippen LogP contribution in [0.4, 0.5) is 15.9 Å². The molecule has 0 aliphatic carbocycles. The fraction of sp³-hybridized carbons (Fsp3) is 0. The molecule has 9 heteroatoms. The number of benzene rings is 1. The molecule has 3 rings (SSSR count). The minimum atomic E-state index is -0.675. The highest BCUT2D eigenvalue weighted by Crippen LogP contribution is 2.30. The Balaban J connectivity index is 2.07. The van der Waals surface area contributed by atoms with Crippen molar-refractivity contribution in [3.05, 3.63) is 39.6 Å². The zero-order chi connectivity index (χ0) is 14.3. The molecule has 0 spiro atoms. The molecule has 0 unspecified atom stereocenters. The van der Waals surface area contributed by atoms with Crippen LogP contribution in [0.2, 0.25) is 15.3 Å². The van der Waals surface area contributed by atoms with Crippen LogP contribution in [0, 0.1) is 5.82 Å². The second-order valence-electron chi connectivity index (χ2n) is 3.82. The molecule has 0 atom stereocenters. The summed E-state index contributed by atoms with van der Waals surface area (Å²) in [6.07, 6.45) is 1.46. The van der Waals surface area contributed by atoms with Gasteiger partial charge in [-0.3, -0.25) is 0 Å². The van der Waals surface area contributed by atoms with Crippen LogP contribution in [0.15, 0.2) is 18.5 Å². The third kappa shape index (κ3) is 2.37. The zero-order valence-corrected chi connectivity index (χ0v) is 11.9. The molecule has 0 fully saturated rings. The van der Waals surface area contributed by atoms with Crippen molar-refractivity contribution in [2.45, 2.75) is 0 Å². The molecule has 20 heavy (non-hydrogen) atoms. The van der Waals surface area contributed by atoms with Crippen LogP contribution in [0.3, 0.4) is 0 Å². The SMILES string of the molecule is Fc1c(Cl)cc(Nc2nc(Cl)nc3nc[nH]c23)cc1Cl. The molecule has 3 aromatic rings. The van der Waals surface area contributed by atoms with Gasteiger partial charge < -0.3 is 10.3 Å². The van der Waals surface area contributed by atoms with Crippen LogP contribution >= 0.6 is 34.8 Å². The van der Waals surface area contributed by atoms with Gasteiger partial charge in [-0.1, -0.05) is 23.2 Å². The summed E-state index contributed by atoms with van der Waals surface area (Å²) in [6, 6.07) is 2.78. The fourth-order valence-electron chi connectivity index (χ4n) is 1.66. The quantitative estimate of drug-likeness (QED) is 0.545. The molecule has 102 valence electrons. The first-order valence-corrected chi connectivity index (χ1v) is 6.46. The largest absolute Gasteiger partial charge is 0.340 e. The fourth-order valence-corrected chi connectivity index (χ4v) is 2.31. The lowest BCUT2D eigenvalue weighted by Gasteiger charge is -2.08. The molecule has 0 bridgehead atoms. The molecule has 0 aliphatic rings. The first-order chi connectivity index (χ1) is 9.54. The van der Waals surface area contributed by atoms with E-state index in [0.717, 1.165) is 0 Å². The third-order valence-corrected chi connectivity index (χ3v) is 3.22. The molecule has 2 N–H and O–H groups in total. The Morgan fingerprint density at radius 1 is 1.10 bits per heavy atom. The van der Waals surface area contributed by atoms with Crippen molar-refractivity contribution < 1.29 is 4.39 Å². The topological polar surface area (TPSA) is 66.5 Å². The van der Waals surface area contributed by atoms with Crippen molar-refractivity contribution >= 4 is 57.5 Å². The number of halogens is 4. The van der Waals surface area contributed by atoms with Gasteiger partial charge in [0.25, 0.3) is 0 Å². The monoisotopic (exact) mass is 331 g/mol. The number of fused-ring (bicyclic) bond motifs is 1. The minimum absolute atomic E-state index is 0.0337. The average Bonchev–Trinajstić information content (AvgIpc) is 2.84. The first-order valence-electron chi connectivity index (χ1n) is 5.33. The van der Waals surface area contributed by atoms with E-state index in [-0.39, 0.29) is 15.3 Å². The highest BCUT2D eigenvalue weighted by molar-refractivity contribution is 6.35. The van der Waals surface area contributed by atoms with Gasteiger partial charge in [0.15, 0.2) is 17.3 Å². The predicted molar refractivity (Wildman–Crippen MR) is 76.4 cm³/mol. The molecule has 2 heterocycles. The van der Waals surface area contributed by atoms with E-state index in [1.165, 1.54) is 18.5 Å². The molecule has 0 saturated heterocycles. The van der Waals surface area contributed by atoms with Gasteiger partial charge in [0.05, 0.1) is 16.4 Å². The summed E-state index contributed by atoms with van der Waals surface area (Å²) in [5.41, 5.74) is 1.44.